The highest BCUT2D eigenvalue weighted by Gasteiger charge is 2.41. The Labute approximate surface area is 164 Å². The summed E-state index contributed by atoms with van der Waals surface area (Å²) in [6, 6.07) is 6.76. The second-order valence-electron chi connectivity index (χ2n) is 7.20. The number of likely N-dealkylation sites (tertiary alicyclic amines) is 1. The van der Waals surface area contributed by atoms with E-state index in [-0.39, 0.29) is 18.9 Å². The first-order valence-corrected chi connectivity index (χ1v) is 9.72. The first kappa shape index (κ1) is 21.9. The van der Waals surface area contributed by atoms with Crippen LogP contribution in [0, 0.1) is 12.8 Å². The number of carbonyl (C=O) groups is 2. The molecule has 2 heterocycles. The van der Waals surface area contributed by atoms with Crippen molar-refractivity contribution >= 4 is 22.7 Å². The Hall–Kier alpha value is -2.44. The van der Waals surface area contributed by atoms with Crippen molar-refractivity contribution in [1.29, 1.82) is 0 Å². The van der Waals surface area contributed by atoms with Crippen molar-refractivity contribution in [3.05, 3.63) is 35.5 Å². The Bertz CT molecular complexity index is 842. The van der Waals surface area contributed by atoms with E-state index >= 15 is 0 Å². The van der Waals surface area contributed by atoms with Gasteiger partial charge in [0.15, 0.2) is 0 Å². The molecule has 1 aromatic heterocycles. The minimum absolute atomic E-state index is 0.0220. The quantitative estimate of drug-likeness (QED) is 0.821. The molecule has 28 heavy (non-hydrogen) atoms. The lowest BCUT2D eigenvalue weighted by atomic mass is 10.0. The summed E-state index contributed by atoms with van der Waals surface area (Å²) in [4.78, 5) is 29.3. The van der Waals surface area contributed by atoms with Crippen LogP contribution in [0.1, 0.15) is 50.2 Å². The summed E-state index contributed by atoms with van der Waals surface area (Å²) in [6.45, 7) is 8.74. The highest BCUT2D eigenvalue weighted by atomic mass is 19.3. The van der Waals surface area contributed by atoms with Crippen LogP contribution in [0.3, 0.4) is 0 Å². The van der Waals surface area contributed by atoms with Crippen LogP contribution >= 0.6 is 0 Å². The number of rotatable bonds is 4. The van der Waals surface area contributed by atoms with Gasteiger partial charge in [0.25, 0.3) is 5.91 Å². The maximum absolute atomic E-state index is 13.4. The van der Waals surface area contributed by atoms with Crippen molar-refractivity contribution in [2.75, 3.05) is 13.1 Å². The molecule has 0 spiro atoms. The monoisotopic (exact) mass is 393 g/mol. The molecule has 1 aromatic carbocycles. The summed E-state index contributed by atoms with van der Waals surface area (Å²) in [5.74, 6) is -4.36. The molecule has 0 aliphatic carbocycles. The molecule has 7 heteroatoms. The van der Waals surface area contributed by atoms with Gasteiger partial charge >= 0.3 is 0 Å². The van der Waals surface area contributed by atoms with Crippen molar-refractivity contribution in [3.63, 3.8) is 0 Å². The summed E-state index contributed by atoms with van der Waals surface area (Å²) in [5.41, 5.74) is 2.29. The molecular weight excluding hydrogens is 364 g/mol. The van der Waals surface area contributed by atoms with Gasteiger partial charge in [-0.15, -0.1) is 0 Å². The lowest BCUT2D eigenvalue weighted by Gasteiger charge is -2.23. The molecule has 2 amide bonds. The van der Waals surface area contributed by atoms with Crippen LogP contribution < -0.4 is 5.32 Å². The van der Waals surface area contributed by atoms with E-state index in [1.807, 2.05) is 39.0 Å². The zero-order chi connectivity index (χ0) is 21.1. The topological polar surface area (TPSA) is 65.2 Å². The van der Waals surface area contributed by atoms with Crippen LogP contribution in [0.25, 0.3) is 10.9 Å². The Morgan fingerprint density at radius 2 is 1.96 bits per heavy atom. The van der Waals surface area contributed by atoms with E-state index in [4.69, 9.17) is 0 Å². The van der Waals surface area contributed by atoms with Crippen LogP contribution in [0.4, 0.5) is 8.78 Å². The van der Waals surface area contributed by atoms with Gasteiger partial charge in [-0.3, -0.25) is 9.59 Å². The molecule has 1 saturated heterocycles. The molecule has 1 aliphatic rings. The highest BCUT2D eigenvalue weighted by molar-refractivity contribution is 6.00. The van der Waals surface area contributed by atoms with E-state index in [1.165, 1.54) is 4.90 Å². The Morgan fingerprint density at radius 3 is 2.57 bits per heavy atom. The van der Waals surface area contributed by atoms with E-state index in [9.17, 15) is 18.4 Å². The minimum atomic E-state index is -2.80. The maximum atomic E-state index is 13.4. The fraction of sp³-hybridized carbons (Fsp3) is 0.524. The van der Waals surface area contributed by atoms with Gasteiger partial charge < -0.3 is 15.2 Å². The Kier molecular flexibility index (Phi) is 6.80. The summed E-state index contributed by atoms with van der Waals surface area (Å²) in [6.07, 6.45) is 0.275. The number of aromatic nitrogens is 1. The molecule has 1 fully saturated rings. The van der Waals surface area contributed by atoms with Crippen LogP contribution in [-0.4, -0.2) is 46.8 Å². The van der Waals surface area contributed by atoms with Crippen LogP contribution in [0.15, 0.2) is 24.3 Å². The predicted octanol–water partition coefficient (Wildman–Crippen LogP) is 4.12. The lowest BCUT2D eigenvalue weighted by Crippen LogP contribution is -2.46. The van der Waals surface area contributed by atoms with Gasteiger partial charge in [0.05, 0.1) is 0 Å². The van der Waals surface area contributed by atoms with Gasteiger partial charge in [0, 0.05) is 29.9 Å². The zero-order valence-corrected chi connectivity index (χ0v) is 17.1. The number of fused-ring (bicyclic) bond motifs is 1. The summed E-state index contributed by atoms with van der Waals surface area (Å²) < 4.78 is 26.8. The molecule has 2 N–H and O–H groups in total. The number of aryl methyl sites for hydroxylation is 1. The number of aromatic amines is 1. The molecule has 3 rings (SSSR count). The smallest absolute Gasteiger partial charge is 0.268 e. The third kappa shape index (κ3) is 4.88. The van der Waals surface area contributed by atoms with Crippen molar-refractivity contribution in [1.82, 2.24) is 15.2 Å². The van der Waals surface area contributed by atoms with Gasteiger partial charge in [0.1, 0.15) is 11.7 Å². The normalized spacial score (nSPS) is 17.8. The van der Waals surface area contributed by atoms with Gasteiger partial charge in [-0.25, -0.2) is 8.78 Å². The second kappa shape index (κ2) is 8.71. The molecule has 2 aromatic rings. The van der Waals surface area contributed by atoms with Gasteiger partial charge in [-0.05, 0) is 45.4 Å². The number of alkyl halides is 2. The zero-order valence-electron chi connectivity index (χ0n) is 17.1. The van der Waals surface area contributed by atoms with E-state index in [0.717, 1.165) is 23.4 Å². The number of H-pyrrole nitrogens is 1. The van der Waals surface area contributed by atoms with Gasteiger partial charge in [-0.2, -0.15) is 0 Å². The first-order valence-electron chi connectivity index (χ1n) is 9.72. The number of nitrogens with one attached hydrogen (secondary N) is 2. The number of hydrogen-bond acceptors (Lipinski definition) is 2. The number of nitrogens with zero attached hydrogens (tertiary/aromatic N) is 1. The molecule has 2 atom stereocenters. The summed E-state index contributed by atoms with van der Waals surface area (Å²) in [5, 5.41) is 3.57. The lowest BCUT2D eigenvalue weighted by molar-refractivity contribution is -0.132. The van der Waals surface area contributed by atoms with Crippen molar-refractivity contribution in [2.45, 2.75) is 53.0 Å². The molecular formula is C21H29F2N3O2. The number of benzene rings is 1. The molecule has 154 valence electrons. The van der Waals surface area contributed by atoms with Gasteiger partial charge in [-0.1, -0.05) is 25.5 Å². The third-order valence-corrected chi connectivity index (χ3v) is 4.96. The Morgan fingerprint density at radius 1 is 1.29 bits per heavy atom. The summed E-state index contributed by atoms with van der Waals surface area (Å²) in [7, 11) is 0. The van der Waals surface area contributed by atoms with Crippen molar-refractivity contribution in [2.24, 2.45) is 5.92 Å². The standard InChI is InChI=1S/C19H23F2N3O2.C2H6/c1-11-4-5-15-13(8-11)9-16(23-15)17(25)22-12(2)18(26)24-7-6-14(10-24)19(3,20)21;1-2/h4-5,8-9,12,14,23H,6-7,10H2,1-3H3,(H,22,25);1-2H3. The summed E-state index contributed by atoms with van der Waals surface area (Å²) >= 11 is 0. The van der Waals surface area contributed by atoms with E-state index < -0.39 is 23.8 Å². The fourth-order valence-electron chi connectivity index (χ4n) is 3.36. The largest absolute Gasteiger partial charge is 0.351 e. The predicted molar refractivity (Wildman–Crippen MR) is 107 cm³/mol. The van der Waals surface area contributed by atoms with Crippen molar-refractivity contribution < 1.29 is 18.4 Å². The average molecular weight is 393 g/mol. The van der Waals surface area contributed by atoms with E-state index in [0.29, 0.717) is 12.2 Å². The van der Waals surface area contributed by atoms with Crippen LogP contribution in [-0.2, 0) is 4.79 Å². The van der Waals surface area contributed by atoms with E-state index in [2.05, 4.69) is 10.3 Å². The SMILES string of the molecule is CC.Cc1ccc2[nH]c(C(=O)NC(C)C(=O)N3CCC(C(C)(F)F)C3)cc2c1. The second-order valence-corrected chi connectivity index (χ2v) is 7.20. The highest BCUT2D eigenvalue weighted by Crippen LogP contribution is 2.32. The molecule has 0 saturated carbocycles. The van der Waals surface area contributed by atoms with Crippen LogP contribution in [0.5, 0.6) is 0 Å². The molecule has 1 aliphatic heterocycles. The number of amides is 2. The Balaban J connectivity index is 0.00000136. The van der Waals surface area contributed by atoms with Crippen molar-refractivity contribution in [3.8, 4) is 0 Å². The minimum Gasteiger partial charge on any atom is -0.351 e. The molecule has 2 unspecified atom stereocenters. The molecule has 0 radical (unpaired) electrons. The first-order chi connectivity index (χ1) is 13.1. The average Bonchev–Trinajstić information content (AvgIpc) is 3.29. The fourth-order valence-corrected chi connectivity index (χ4v) is 3.36. The molecule has 5 nitrogen and oxygen atoms in total. The van der Waals surface area contributed by atoms with Gasteiger partial charge in [0.2, 0.25) is 11.8 Å². The van der Waals surface area contributed by atoms with E-state index in [1.54, 1.807) is 13.0 Å². The number of hydrogen-bond donors (Lipinski definition) is 2. The van der Waals surface area contributed by atoms with Crippen LogP contribution in [0.2, 0.25) is 0 Å². The maximum Gasteiger partial charge on any atom is 0.268 e. The molecule has 0 bridgehead atoms. The number of halogens is 2. The number of carbonyl (C=O) groups excluding carboxylic acids is 2. The third-order valence-electron chi connectivity index (χ3n) is 4.96.